The van der Waals surface area contributed by atoms with Crippen LogP contribution in [0.1, 0.15) is 12.0 Å². The Balaban J connectivity index is 2.41. The SMILES string of the molecule is CO[Si](CCCN=Cc1ccc(N(C)C)cc1)(OC)OC. The van der Waals surface area contributed by atoms with Crippen LogP contribution in [0.15, 0.2) is 29.3 Å². The molecular weight excluding hydrogens is 284 g/mol. The van der Waals surface area contributed by atoms with Gasteiger partial charge in [0.05, 0.1) is 0 Å². The highest BCUT2D eigenvalue weighted by molar-refractivity contribution is 6.60. The number of hydrogen-bond donors (Lipinski definition) is 0. The lowest BCUT2D eigenvalue weighted by atomic mass is 10.2. The fraction of sp³-hybridized carbons (Fsp3) is 0.533. The van der Waals surface area contributed by atoms with Crippen molar-refractivity contribution in [3.05, 3.63) is 29.8 Å². The Morgan fingerprint density at radius 2 is 1.62 bits per heavy atom. The van der Waals surface area contributed by atoms with Gasteiger partial charge < -0.3 is 18.2 Å². The van der Waals surface area contributed by atoms with Crippen LogP contribution in [0.3, 0.4) is 0 Å². The van der Waals surface area contributed by atoms with Crippen LogP contribution in [-0.4, -0.2) is 57.0 Å². The molecule has 1 rings (SSSR count). The van der Waals surface area contributed by atoms with Gasteiger partial charge in [0.1, 0.15) is 0 Å². The van der Waals surface area contributed by atoms with Gasteiger partial charge in [-0.25, -0.2) is 0 Å². The van der Waals surface area contributed by atoms with Gasteiger partial charge >= 0.3 is 8.80 Å². The molecular formula is C15H26N2O3Si. The van der Waals surface area contributed by atoms with Crippen molar-refractivity contribution in [3.63, 3.8) is 0 Å². The van der Waals surface area contributed by atoms with Crippen molar-refractivity contribution in [3.8, 4) is 0 Å². The Kier molecular flexibility index (Phi) is 7.59. The van der Waals surface area contributed by atoms with Crippen LogP contribution >= 0.6 is 0 Å². The van der Waals surface area contributed by atoms with E-state index >= 15 is 0 Å². The van der Waals surface area contributed by atoms with E-state index in [1.54, 1.807) is 21.3 Å². The van der Waals surface area contributed by atoms with Gasteiger partial charge in [-0.3, -0.25) is 4.99 Å². The van der Waals surface area contributed by atoms with Gasteiger partial charge in [0.2, 0.25) is 0 Å². The highest BCUT2D eigenvalue weighted by atomic mass is 28.4. The zero-order chi connectivity index (χ0) is 15.7. The van der Waals surface area contributed by atoms with Crippen LogP contribution in [0, 0.1) is 0 Å². The maximum atomic E-state index is 5.37. The summed E-state index contributed by atoms with van der Waals surface area (Å²) in [6.07, 6.45) is 2.78. The normalized spacial score (nSPS) is 12.0. The van der Waals surface area contributed by atoms with E-state index < -0.39 is 8.80 Å². The number of rotatable bonds is 9. The highest BCUT2D eigenvalue weighted by Crippen LogP contribution is 2.15. The minimum Gasteiger partial charge on any atom is -0.378 e. The lowest BCUT2D eigenvalue weighted by molar-refractivity contribution is 0.123. The predicted octanol–water partition coefficient (Wildman–Crippen LogP) is 2.44. The largest absolute Gasteiger partial charge is 0.500 e. The van der Waals surface area contributed by atoms with Crippen molar-refractivity contribution >= 4 is 20.7 Å². The molecule has 21 heavy (non-hydrogen) atoms. The lowest BCUT2D eigenvalue weighted by Gasteiger charge is -2.23. The molecule has 1 aromatic carbocycles. The van der Waals surface area contributed by atoms with Crippen molar-refractivity contribution in [1.29, 1.82) is 0 Å². The first-order valence-electron chi connectivity index (χ1n) is 6.99. The van der Waals surface area contributed by atoms with Crippen molar-refractivity contribution in [2.75, 3.05) is 46.9 Å². The molecule has 0 fully saturated rings. The molecule has 0 heterocycles. The van der Waals surface area contributed by atoms with Gasteiger partial charge in [-0.1, -0.05) is 12.1 Å². The standard InChI is InChI=1S/C15H26N2O3Si/c1-17(2)15-9-7-14(8-10-15)13-16-11-6-12-21(18-3,19-4)20-5/h7-10,13H,6,11-12H2,1-5H3. The van der Waals surface area contributed by atoms with Gasteiger partial charge in [0.25, 0.3) is 0 Å². The summed E-state index contributed by atoms with van der Waals surface area (Å²) in [5.41, 5.74) is 2.29. The van der Waals surface area contributed by atoms with Crippen LogP contribution < -0.4 is 4.90 Å². The Morgan fingerprint density at radius 1 is 1.05 bits per heavy atom. The number of anilines is 1. The summed E-state index contributed by atoms with van der Waals surface area (Å²) in [6, 6.07) is 9.07. The van der Waals surface area contributed by atoms with Crippen molar-refractivity contribution < 1.29 is 13.3 Å². The first kappa shape index (κ1) is 17.8. The Labute approximate surface area is 128 Å². The quantitative estimate of drug-likeness (QED) is 0.399. The molecule has 0 saturated heterocycles. The molecule has 0 spiro atoms. The van der Waals surface area contributed by atoms with Crippen molar-refractivity contribution in [2.24, 2.45) is 4.99 Å². The molecule has 5 nitrogen and oxygen atoms in total. The summed E-state index contributed by atoms with van der Waals surface area (Å²) < 4.78 is 16.1. The third-order valence-corrected chi connectivity index (χ3v) is 6.18. The minimum absolute atomic E-state index is 0.736. The molecule has 0 aromatic heterocycles. The number of hydrogen-bond acceptors (Lipinski definition) is 5. The van der Waals surface area contributed by atoms with Crippen molar-refractivity contribution in [1.82, 2.24) is 0 Å². The van der Waals surface area contributed by atoms with Gasteiger partial charge in [-0.15, -0.1) is 0 Å². The second-order valence-corrected chi connectivity index (χ2v) is 8.01. The summed E-state index contributed by atoms with van der Waals surface area (Å²) in [5.74, 6) is 0. The van der Waals surface area contributed by atoms with Crippen LogP contribution in [0.25, 0.3) is 0 Å². The van der Waals surface area contributed by atoms with Crippen LogP contribution in [0.5, 0.6) is 0 Å². The summed E-state index contributed by atoms with van der Waals surface area (Å²) >= 11 is 0. The van der Waals surface area contributed by atoms with Crippen LogP contribution in [0.4, 0.5) is 5.69 Å². The number of aliphatic imine (C=N–C) groups is 1. The van der Waals surface area contributed by atoms with E-state index in [1.165, 1.54) is 5.69 Å². The first-order valence-corrected chi connectivity index (χ1v) is 8.93. The minimum atomic E-state index is -2.45. The van der Waals surface area contributed by atoms with Gasteiger partial charge in [0, 0.05) is 59.9 Å². The maximum Gasteiger partial charge on any atom is 0.500 e. The third-order valence-electron chi connectivity index (χ3n) is 3.35. The molecule has 0 N–H and O–H groups in total. The summed E-state index contributed by atoms with van der Waals surface area (Å²) in [7, 11) is 6.51. The average molecular weight is 310 g/mol. The van der Waals surface area contributed by atoms with E-state index in [1.807, 2.05) is 20.3 Å². The second-order valence-electron chi connectivity index (χ2n) is 4.92. The predicted molar refractivity (Wildman–Crippen MR) is 89.4 cm³/mol. The van der Waals surface area contributed by atoms with E-state index in [-0.39, 0.29) is 0 Å². The van der Waals surface area contributed by atoms with Crippen molar-refractivity contribution in [2.45, 2.75) is 12.5 Å². The molecule has 0 amide bonds. The molecule has 1 aromatic rings. The summed E-state index contributed by atoms with van der Waals surface area (Å²) in [4.78, 5) is 6.51. The fourth-order valence-electron chi connectivity index (χ4n) is 1.97. The van der Waals surface area contributed by atoms with Crippen LogP contribution in [-0.2, 0) is 13.3 Å². The number of nitrogens with zero attached hydrogens (tertiary/aromatic N) is 2. The molecule has 0 radical (unpaired) electrons. The summed E-state index contributed by atoms with van der Waals surface area (Å²) in [5, 5.41) is 0. The van der Waals surface area contributed by atoms with E-state index in [4.69, 9.17) is 13.3 Å². The summed E-state index contributed by atoms with van der Waals surface area (Å²) in [6.45, 7) is 0.736. The van der Waals surface area contributed by atoms with E-state index in [2.05, 4.69) is 34.2 Å². The van der Waals surface area contributed by atoms with E-state index in [0.29, 0.717) is 0 Å². The molecule has 0 atom stereocenters. The van der Waals surface area contributed by atoms with E-state index in [9.17, 15) is 0 Å². The molecule has 6 heteroatoms. The van der Waals surface area contributed by atoms with Gasteiger partial charge in [-0.05, 0) is 24.1 Å². The zero-order valence-corrected chi connectivity index (χ0v) is 14.6. The van der Waals surface area contributed by atoms with Gasteiger partial charge in [-0.2, -0.15) is 0 Å². The molecule has 118 valence electrons. The fourth-order valence-corrected chi connectivity index (χ4v) is 3.68. The molecule has 0 aliphatic carbocycles. The van der Waals surface area contributed by atoms with Gasteiger partial charge in [0.15, 0.2) is 0 Å². The Hall–Kier alpha value is -1.21. The highest BCUT2D eigenvalue weighted by Gasteiger charge is 2.36. The molecule has 0 saturated carbocycles. The molecule has 0 aliphatic rings. The third kappa shape index (κ3) is 5.59. The first-order chi connectivity index (χ1) is 10.1. The topological polar surface area (TPSA) is 43.3 Å². The smallest absolute Gasteiger partial charge is 0.378 e. The maximum absolute atomic E-state index is 5.37. The average Bonchev–Trinajstić information content (AvgIpc) is 2.52. The second kappa shape index (κ2) is 8.94. The monoisotopic (exact) mass is 310 g/mol. The number of benzene rings is 1. The zero-order valence-electron chi connectivity index (χ0n) is 13.6. The van der Waals surface area contributed by atoms with Crippen LogP contribution in [0.2, 0.25) is 6.04 Å². The molecule has 0 aliphatic heterocycles. The lowest BCUT2D eigenvalue weighted by Crippen LogP contribution is -2.42. The molecule has 0 unspecified atom stereocenters. The van der Waals surface area contributed by atoms with E-state index in [0.717, 1.165) is 24.6 Å². The Bertz CT molecular complexity index is 423. The Morgan fingerprint density at radius 3 is 2.10 bits per heavy atom. The molecule has 0 bridgehead atoms.